The van der Waals surface area contributed by atoms with Crippen LogP contribution in [0.4, 0.5) is 0 Å². The molecule has 4 heteroatoms. The van der Waals surface area contributed by atoms with Gasteiger partial charge in [0.2, 0.25) is 0 Å². The van der Waals surface area contributed by atoms with Gasteiger partial charge >= 0.3 is 0 Å². The second-order valence-corrected chi connectivity index (χ2v) is 8.33. The van der Waals surface area contributed by atoms with Crippen molar-refractivity contribution in [3.05, 3.63) is 82.4 Å². The fourth-order valence-corrected chi connectivity index (χ4v) is 4.17. The number of carbonyl (C=O) groups excluding carboxylic acids is 2. The standard InChI is InChI=1S/C27H29NO3/c1-3-4-5-6-8-21-17-22-9-7-10-23-25(22)24(18-21)27(30)28(26(23)29)31-16-15-20-13-11-19(2)12-14-20/h7,9-14,17-18H,3-6,8,15-16H2,1-2H3. The number of hydroxylamine groups is 2. The minimum absolute atomic E-state index is 0.266. The van der Waals surface area contributed by atoms with E-state index in [2.05, 4.69) is 13.0 Å². The zero-order valence-electron chi connectivity index (χ0n) is 18.3. The predicted octanol–water partition coefficient (Wildman–Crippen LogP) is 6.04. The molecule has 0 bridgehead atoms. The maximum Gasteiger partial charge on any atom is 0.285 e. The smallest absolute Gasteiger partial charge is 0.266 e. The van der Waals surface area contributed by atoms with Gasteiger partial charge in [0.1, 0.15) is 0 Å². The normalized spacial score (nSPS) is 13.3. The number of rotatable bonds is 9. The van der Waals surface area contributed by atoms with E-state index < -0.39 is 0 Å². The first-order chi connectivity index (χ1) is 15.1. The number of benzene rings is 3. The van der Waals surface area contributed by atoms with E-state index in [0.29, 0.717) is 17.5 Å². The van der Waals surface area contributed by atoms with Crippen molar-refractivity contribution in [1.29, 1.82) is 0 Å². The lowest BCUT2D eigenvalue weighted by atomic mass is 9.91. The van der Waals surface area contributed by atoms with E-state index in [4.69, 9.17) is 4.84 Å². The highest BCUT2D eigenvalue weighted by molar-refractivity contribution is 6.24. The molecule has 0 aromatic heterocycles. The van der Waals surface area contributed by atoms with Crippen molar-refractivity contribution in [2.45, 2.75) is 52.4 Å². The highest BCUT2D eigenvalue weighted by Crippen LogP contribution is 2.32. The van der Waals surface area contributed by atoms with Gasteiger partial charge < -0.3 is 0 Å². The van der Waals surface area contributed by atoms with Gasteiger partial charge in [0.15, 0.2) is 0 Å². The van der Waals surface area contributed by atoms with Gasteiger partial charge in [-0.05, 0) is 54.8 Å². The first kappa shape index (κ1) is 21.3. The van der Waals surface area contributed by atoms with Crippen LogP contribution in [0.1, 0.15) is 70.0 Å². The van der Waals surface area contributed by atoms with E-state index in [-0.39, 0.29) is 18.4 Å². The first-order valence-corrected chi connectivity index (χ1v) is 11.2. The summed E-state index contributed by atoms with van der Waals surface area (Å²) in [5.74, 6) is -0.754. The third-order valence-electron chi connectivity index (χ3n) is 5.92. The molecule has 160 valence electrons. The molecular formula is C27H29NO3. The maximum atomic E-state index is 13.2. The molecule has 31 heavy (non-hydrogen) atoms. The largest absolute Gasteiger partial charge is 0.285 e. The SMILES string of the molecule is CCCCCCc1cc2c3c(cccc3c1)C(=O)N(OCCc1ccc(C)cc1)C2=O. The average Bonchev–Trinajstić information content (AvgIpc) is 2.78. The molecule has 3 aromatic carbocycles. The number of nitrogens with zero attached hydrogens (tertiary/aromatic N) is 1. The molecule has 1 heterocycles. The van der Waals surface area contributed by atoms with Gasteiger partial charge in [-0.2, -0.15) is 0 Å². The van der Waals surface area contributed by atoms with Crippen molar-refractivity contribution >= 4 is 22.6 Å². The summed E-state index contributed by atoms with van der Waals surface area (Å²) in [5.41, 5.74) is 4.53. The van der Waals surface area contributed by atoms with Gasteiger partial charge in [-0.25, -0.2) is 0 Å². The predicted molar refractivity (Wildman–Crippen MR) is 123 cm³/mol. The van der Waals surface area contributed by atoms with E-state index in [1.165, 1.54) is 24.8 Å². The van der Waals surface area contributed by atoms with Crippen LogP contribution in [0.15, 0.2) is 54.6 Å². The summed E-state index contributed by atoms with van der Waals surface area (Å²) < 4.78 is 0. The minimum Gasteiger partial charge on any atom is -0.266 e. The molecule has 0 unspecified atom stereocenters. The molecular weight excluding hydrogens is 386 g/mol. The fraction of sp³-hybridized carbons (Fsp3) is 0.333. The van der Waals surface area contributed by atoms with E-state index in [1.807, 2.05) is 49.4 Å². The summed E-state index contributed by atoms with van der Waals surface area (Å²) in [6, 6.07) is 17.9. The Labute approximate surface area is 183 Å². The number of unbranched alkanes of at least 4 members (excludes halogenated alkanes) is 3. The van der Waals surface area contributed by atoms with Crippen LogP contribution in [0.5, 0.6) is 0 Å². The van der Waals surface area contributed by atoms with Crippen LogP contribution in [0.2, 0.25) is 0 Å². The second-order valence-electron chi connectivity index (χ2n) is 8.33. The summed E-state index contributed by atoms with van der Waals surface area (Å²) in [6.45, 7) is 4.51. The molecule has 3 aromatic rings. The molecule has 0 aliphatic carbocycles. The van der Waals surface area contributed by atoms with Crippen LogP contribution < -0.4 is 0 Å². The summed E-state index contributed by atoms with van der Waals surface area (Å²) in [6.07, 6.45) is 6.27. The van der Waals surface area contributed by atoms with E-state index in [1.54, 1.807) is 6.07 Å². The van der Waals surface area contributed by atoms with Crippen LogP contribution in [-0.4, -0.2) is 23.5 Å². The van der Waals surface area contributed by atoms with Gasteiger partial charge in [-0.15, -0.1) is 5.06 Å². The van der Waals surface area contributed by atoms with Gasteiger partial charge in [0.25, 0.3) is 11.8 Å². The highest BCUT2D eigenvalue weighted by atomic mass is 16.7. The van der Waals surface area contributed by atoms with Crippen molar-refractivity contribution in [3.8, 4) is 0 Å². The molecule has 0 N–H and O–H groups in total. The molecule has 1 aliphatic heterocycles. The zero-order chi connectivity index (χ0) is 21.8. The third kappa shape index (κ3) is 4.54. The van der Waals surface area contributed by atoms with Gasteiger partial charge in [0, 0.05) is 5.39 Å². The molecule has 0 saturated carbocycles. The van der Waals surface area contributed by atoms with Gasteiger partial charge in [-0.1, -0.05) is 74.2 Å². The van der Waals surface area contributed by atoms with Crippen LogP contribution in [0.3, 0.4) is 0 Å². The van der Waals surface area contributed by atoms with E-state index in [0.717, 1.165) is 39.8 Å². The number of hydrogen-bond acceptors (Lipinski definition) is 3. The first-order valence-electron chi connectivity index (χ1n) is 11.2. The molecule has 0 saturated heterocycles. The molecule has 0 spiro atoms. The maximum absolute atomic E-state index is 13.2. The number of imide groups is 1. The second kappa shape index (κ2) is 9.44. The van der Waals surface area contributed by atoms with Gasteiger partial charge in [0.05, 0.1) is 17.7 Å². The Morgan fingerprint density at radius 3 is 2.35 bits per heavy atom. The Hall–Kier alpha value is -2.98. The Bertz CT molecular complexity index is 1100. The number of hydrogen-bond donors (Lipinski definition) is 0. The number of amides is 2. The lowest BCUT2D eigenvalue weighted by molar-refractivity contribution is -0.0941. The minimum atomic E-state index is -0.386. The monoisotopic (exact) mass is 415 g/mol. The summed E-state index contributed by atoms with van der Waals surface area (Å²) in [7, 11) is 0. The summed E-state index contributed by atoms with van der Waals surface area (Å²) in [4.78, 5) is 31.9. The van der Waals surface area contributed by atoms with E-state index in [9.17, 15) is 9.59 Å². The van der Waals surface area contributed by atoms with Gasteiger partial charge in [-0.3, -0.25) is 14.4 Å². The van der Waals surface area contributed by atoms with Crippen LogP contribution in [-0.2, 0) is 17.7 Å². The molecule has 0 radical (unpaired) electrons. The highest BCUT2D eigenvalue weighted by Gasteiger charge is 2.34. The molecule has 4 nitrogen and oxygen atoms in total. The Kier molecular flexibility index (Phi) is 6.47. The third-order valence-corrected chi connectivity index (χ3v) is 5.92. The van der Waals surface area contributed by atoms with E-state index >= 15 is 0 Å². The quantitative estimate of drug-likeness (QED) is 0.316. The van der Waals surface area contributed by atoms with Crippen molar-refractivity contribution in [2.75, 3.05) is 6.61 Å². The Morgan fingerprint density at radius 2 is 1.58 bits per heavy atom. The molecule has 1 aliphatic rings. The van der Waals surface area contributed by atoms with Crippen LogP contribution >= 0.6 is 0 Å². The zero-order valence-corrected chi connectivity index (χ0v) is 18.3. The van der Waals surface area contributed by atoms with Crippen molar-refractivity contribution in [3.63, 3.8) is 0 Å². The summed E-state index contributed by atoms with van der Waals surface area (Å²) >= 11 is 0. The van der Waals surface area contributed by atoms with Crippen LogP contribution in [0.25, 0.3) is 10.8 Å². The summed E-state index contributed by atoms with van der Waals surface area (Å²) in [5, 5.41) is 2.64. The lowest BCUT2D eigenvalue weighted by Crippen LogP contribution is -2.40. The van der Waals surface area contributed by atoms with Crippen molar-refractivity contribution in [1.82, 2.24) is 5.06 Å². The lowest BCUT2D eigenvalue weighted by Gasteiger charge is -2.26. The molecule has 0 atom stereocenters. The molecule has 2 amide bonds. The fourth-order valence-electron chi connectivity index (χ4n) is 4.17. The van der Waals surface area contributed by atoms with Crippen molar-refractivity contribution < 1.29 is 14.4 Å². The Morgan fingerprint density at radius 1 is 0.806 bits per heavy atom. The Balaban J connectivity index is 1.55. The average molecular weight is 416 g/mol. The topological polar surface area (TPSA) is 46.6 Å². The molecule has 0 fully saturated rings. The number of carbonyl (C=O) groups is 2. The van der Waals surface area contributed by atoms with Crippen LogP contribution in [0, 0.1) is 6.92 Å². The molecule has 4 rings (SSSR count). The number of aryl methyl sites for hydroxylation is 2. The van der Waals surface area contributed by atoms with Crippen molar-refractivity contribution in [2.24, 2.45) is 0 Å².